The topological polar surface area (TPSA) is 67.4 Å². The van der Waals surface area contributed by atoms with Crippen molar-refractivity contribution in [2.75, 3.05) is 12.4 Å². The van der Waals surface area contributed by atoms with E-state index < -0.39 is 0 Å². The van der Waals surface area contributed by atoms with E-state index in [1.807, 2.05) is 48.5 Å². The Morgan fingerprint density at radius 1 is 0.742 bits per heavy atom. The monoisotopic (exact) mass is 410 g/mol. The lowest BCUT2D eigenvalue weighted by Crippen LogP contribution is -2.22. The number of hydrogen-bond acceptors (Lipinski definition) is 3. The second-order valence-corrected chi connectivity index (χ2v) is 7.13. The van der Waals surface area contributed by atoms with Gasteiger partial charge in [0.2, 0.25) is 0 Å². The van der Waals surface area contributed by atoms with Crippen LogP contribution in [0.25, 0.3) is 10.8 Å². The molecule has 2 amide bonds. The quantitative estimate of drug-likeness (QED) is 0.468. The van der Waals surface area contributed by atoms with Crippen LogP contribution in [0, 0.1) is 0 Å². The summed E-state index contributed by atoms with van der Waals surface area (Å²) < 4.78 is 5.25. The molecule has 0 fully saturated rings. The predicted octanol–water partition coefficient (Wildman–Crippen LogP) is 5.03. The Balaban J connectivity index is 1.36. The lowest BCUT2D eigenvalue weighted by Gasteiger charge is -2.09. The highest BCUT2D eigenvalue weighted by Gasteiger charge is 2.08. The zero-order valence-electron chi connectivity index (χ0n) is 17.1. The van der Waals surface area contributed by atoms with E-state index in [4.69, 9.17) is 4.74 Å². The fraction of sp³-hybridized carbons (Fsp3) is 0.0769. The van der Waals surface area contributed by atoms with Gasteiger partial charge < -0.3 is 15.4 Å². The summed E-state index contributed by atoms with van der Waals surface area (Å²) in [7, 11) is 1.65. The van der Waals surface area contributed by atoms with Crippen LogP contribution in [0.2, 0.25) is 0 Å². The highest BCUT2D eigenvalue weighted by Crippen LogP contribution is 2.22. The van der Waals surface area contributed by atoms with Crippen molar-refractivity contribution in [3.63, 3.8) is 0 Å². The number of anilines is 1. The van der Waals surface area contributed by atoms with Crippen LogP contribution in [0.5, 0.6) is 5.75 Å². The number of fused-ring (bicyclic) bond motifs is 1. The molecule has 0 unspecified atom stereocenters. The van der Waals surface area contributed by atoms with E-state index in [1.165, 1.54) is 0 Å². The minimum Gasteiger partial charge on any atom is -0.497 e. The van der Waals surface area contributed by atoms with Crippen LogP contribution in [-0.4, -0.2) is 18.9 Å². The number of nitrogens with one attached hydrogen (secondary N) is 2. The van der Waals surface area contributed by atoms with Gasteiger partial charge in [0, 0.05) is 23.4 Å². The fourth-order valence-electron chi connectivity index (χ4n) is 3.29. The summed E-state index contributed by atoms with van der Waals surface area (Å²) in [5.41, 5.74) is 2.76. The summed E-state index contributed by atoms with van der Waals surface area (Å²) in [6.45, 7) is 0.424. The number of amides is 2. The Labute approximate surface area is 180 Å². The lowest BCUT2D eigenvalue weighted by molar-refractivity contribution is 0.0950. The van der Waals surface area contributed by atoms with Gasteiger partial charge in [-0.15, -0.1) is 0 Å². The van der Waals surface area contributed by atoms with Crippen molar-refractivity contribution < 1.29 is 14.3 Å². The Morgan fingerprint density at radius 3 is 2.16 bits per heavy atom. The molecule has 0 aliphatic carbocycles. The highest BCUT2D eigenvalue weighted by atomic mass is 16.5. The highest BCUT2D eigenvalue weighted by molar-refractivity contribution is 6.04. The maximum absolute atomic E-state index is 12.5. The first kappa shape index (κ1) is 20.2. The van der Waals surface area contributed by atoms with Crippen molar-refractivity contribution >= 4 is 28.3 Å². The molecule has 5 heteroatoms. The molecule has 2 N–H and O–H groups in total. The number of methoxy groups -OCH3 is 1. The van der Waals surface area contributed by atoms with Gasteiger partial charge in [0.05, 0.1) is 7.11 Å². The first-order valence-corrected chi connectivity index (χ1v) is 9.94. The van der Waals surface area contributed by atoms with Gasteiger partial charge >= 0.3 is 0 Å². The summed E-state index contributed by atoms with van der Waals surface area (Å²) in [6.07, 6.45) is 0. The van der Waals surface area contributed by atoms with Crippen molar-refractivity contribution in [3.05, 3.63) is 108 Å². The molecule has 4 aromatic carbocycles. The summed E-state index contributed by atoms with van der Waals surface area (Å²) in [5, 5.41) is 7.94. The number of carbonyl (C=O) groups excluding carboxylic acids is 2. The van der Waals surface area contributed by atoms with Gasteiger partial charge in [-0.05, 0) is 70.9 Å². The molecule has 5 nitrogen and oxygen atoms in total. The summed E-state index contributed by atoms with van der Waals surface area (Å²) in [5.74, 6) is 0.458. The van der Waals surface area contributed by atoms with Gasteiger partial charge in [-0.2, -0.15) is 0 Å². The van der Waals surface area contributed by atoms with E-state index in [9.17, 15) is 9.59 Å². The number of carbonyl (C=O) groups is 2. The normalized spacial score (nSPS) is 10.5. The van der Waals surface area contributed by atoms with E-state index in [-0.39, 0.29) is 11.8 Å². The van der Waals surface area contributed by atoms with Crippen molar-refractivity contribution in [3.8, 4) is 5.75 Å². The van der Waals surface area contributed by atoms with Crippen LogP contribution in [-0.2, 0) is 6.54 Å². The molecule has 0 atom stereocenters. The average molecular weight is 410 g/mol. The maximum atomic E-state index is 12.5. The van der Waals surface area contributed by atoms with Crippen molar-refractivity contribution in [1.29, 1.82) is 0 Å². The molecule has 0 radical (unpaired) electrons. The molecule has 0 aliphatic heterocycles. The molecular formula is C26H22N2O3. The number of ether oxygens (including phenoxy) is 1. The number of hydrogen-bond donors (Lipinski definition) is 2. The molecular weight excluding hydrogens is 388 g/mol. The largest absolute Gasteiger partial charge is 0.497 e. The van der Waals surface area contributed by atoms with E-state index in [2.05, 4.69) is 16.7 Å². The van der Waals surface area contributed by atoms with E-state index in [0.29, 0.717) is 23.4 Å². The molecule has 31 heavy (non-hydrogen) atoms. The second kappa shape index (κ2) is 9.13. The molecule has 0 aliphatic rings. The second-order valence-electron chi connectivity index (χ2n) is 7.13. The standard InChI is InChI=1S/C26H22N2O3/c1-31-24-14-11-21-15-18(7-8-22(21)16-24)17-27-25(29)20-9-12-23(13-10-20)28-26(30)19-5-3-2-4-6-19/h2-16H,17H2,1H3,(H,27,29)(H,28,30). The fourth-order valence-corrected chi connectivity index (χ4v) is 3.29. The first-order valence-electron chi connectivity index (χ1n) is 9.94. The van der Waals surface area contributed by atoms with Gasteiger partial charge in [0.1, 0.15) is 5.75 Å². The molecule has 4 aromatic rings. The van der Waals surface area contributed by atoms with Crippen molar-refractivity contribution in [1.82, 2.24) is 5.32 Å². The molecule has 4 rings (SSSR count). The third kappa shape index (κ3) is 4.90. The van der Waals surface area contributed by atoms with Crippen LogP contribution in [0.1, 0.15) is 26.3 Å². The third-order valence-corrected chi connectivity index (χ3v) is 5.01. The molecule has 0 aromatic heterocycles. The van der Waals surface area contributed by atoms with Crippen LogP contribution in [0.3, 0.4) is 0 Å². The van der Waals surface area contributed by atoms with E-state index in [0.717, 1.165) is 22.1 Å². The molecule has 0 heterocycles. The SMILES string of the molecule is COc1ccc2cc(CNC(=O)c3ccc(NC(=O)c4ccccc4)cc3)ccc2c1. The van der Waals surface area contributed by atoms with Gasteiger partial charge in [-0.25, -0.2) is 0 Å². The van der Waals surface area contributed by atoms with Gasteiger partial charge in [-0.3, -0.25) is 9.59 Å². The average Bonchev–Trinajstić information content (AvgIpc) is 2.83. The Hall–Kier alpha value is -4.12. The molecule has 0 bridgehead atoms. The van der Waals surface area contributed by atoms with Gasteiger partial charge in [0.15, 0.2) is 0 Å². The zero-order chi connectivity index (χ0) is 21.6. The molecule has 0 saturated heterocycles. The van der Waals surface area contributed by atoms with Crippen LogP contribution in [0.15, 0.2) is 91.0 Å². The zero-order valence-corrected chi connectivity index (χ0v) is 17.1. The summed E-state index contributed by atoms with van der Waals surface area (Å²) in [4.78, 5) is 24.7. The minimum atomic E-state index is -0.188. The maximum Gasteiger partial charge on any atom is 0.255 e. The van der Waals surface area contributed by atoms with E-state index >= 15 is 0 Å². The number of benzene rings is 4. The van der Waals surface area contributed by atoms with Gasteiger partial charge in [0.25, 0.3) is 11.8 Å². The minimum absolute atomic E-state index is 0.171. The predicted molar refractivity (Wildman–Crippen MR) is 123 cm³/mol. The lowest BCUT2D eigenvalue weighted by atomic mass is 10.1. The molecule has 0 spiro atoms. The Morgan fingerprint density at radius 2 is 1.42 bits per heavy atom. The van der Waals surface area contributed by atoms with Crippen LogP contribution < -0.4 is 15.4 Å². The van der Waals surface area contributed by atoms with Crippen molar-refractivity contribution in [2.24, 2.45) is 0 Å². The van der Waals surface area contributed by atoms with E-state index in [1.54, 1.807) is 43.5 Å². The van der Waals surface area contributed by atoms with Crippen molar-refractivity contribution in [2.45, 2.75) is 6.54 Å². The van der Waals surface area contributed by atoms with Crippen LogP contribution >= 0.6 is 0 Å². The Kier molecular flexibility index (Phi) is 5.94. The summed E-state index contributed by atoms with van der Waals surface area (Å²) in [6, 6.07) is 27.8. The molecule has 0 saturated carbocycles. The smallest absolute Gasteiger partial charge is 0.255 e. The van der Waals surface area contributed by atoms with Gasteiger partial charge in [-0.1, -0.05) is 36.4 Å². The first-order chi connectivity index (χ1) is 15.1. The van der Waals surface area contributed by atoms with Crippen LogP contribution in [0.4, 0.5) is 5.69 Å². The Bertz CT molecular complexity index is 1220. The number of rotatable bonds is 6. The molecule has 154 valence electrons. The summed E-state index contributed by atoms with van der Waals surface area (Å²) >= 11 is 0. The third-order valence-electron chi connectivity index (χ3n) is 5.01.